The molecule has 3 N–H and O–H groups in total. The van der Waals surface area contributed by atoms with E-state index in [4.69, 9.17) is 10.5 Å². The molecule has 5 nitrogen and oxygen atoms in total. The summed E-state index contributed by atoms with van der Waals surface area (Å²) < 4.78 is 16.2. The van der Waals surface area contributed by atoms with Gasteiger partial charge in [0.15, 0.2) is 0 Å². The van der Waals surface area contributed by atoms with E-state index in [9.17, 15) is 9.00 Å². The molecule has 1 aromatic rings. The maximum Gasteiger partial charge on any atom is 0.251 e. The van der Waals surface area contributed by atoms with Crippen molar-refractivity contribution < 1.29 is 13.7 Å². The molecule has 0 spiro atoms. The summed E-state index contributed by atoms with van der Waals surface area (Å²) >= 11 is 0. The second-order valence-corrected chi connectivity index (χ2v) is 5.31. The number of amides is 1. The average Bonchev–Trinajstić information content (AvgIpc) is 2.28. The van der Waals surface area contributed by atoms with Gasteiger partial charge in [0.25, 0.3) is 5.91 Å². The minimum Gasteiger partial charge on any atom is -0.494 e. The molecule has 0 aliphatic rings. The van der Waals surface area contributed by atoms with Crippen LogP contribution < -0.4 is 15.8 Å². The van der Waals surface area contributed by atoms with E-state index in [0.717, 1.165) is 0 Å². The lowest BCUT2D eigenvalue weighted by atomic mass is 10.2. The number of rotatable bonds is 6. The van der Waals surface area contributed by atoms with Crippen molar-refractivity contribution in [3.63, 3.8) is 0 Å². The number of carbonyl (C=O) groups is 1. The van der Waals surface area contributed by atoms with Crippen LogP contribution in [0, 0.1) is 0 Å². The number of ether oxygens (including phenoxy) is 1. The van der Waals surface area contributed by atoms with E-state index in [0.29, 0.717) is 35.9 Å². The van der Waals surface area contributed by atoms with Gasteiger partial charge in [-0.2, -0.15) is 0 Å². The van der Waals surface area contributed by atoms with Gasteiger partial charge >= 0.3 is 0 Å². The van der Waals surface area contributed by atoms with Crippen LogP contribution in [0.25, 0.3) is 0 Å². The molecular formula is C12H18N2O3S. The topological polar surface area (TPSA) is 81.4 Å². The largest absolute Gasteiger partial charge is 0.494 e. The number of benzene rings is 1. The highest BCUT2D eigenvalue weighted by Gasteiger charge is 2.08. The Morgan fingerprint density at radius 1 is 1.44 bits per heavy atom. The normalized spacial score (nSPS) is 11.9. The summed E-state index contributed by atoms with van der Waals surface area (Å²) in [6, 6.07) is 4.89. The van der Waals surface area contributed by atoms with E-state index in [1.54, 1.807) is 24.5 Å². The van der Waals surface area contributed by atoms with Crippen molar-refractivity contribution in [2.24, 2.45) is 0 Å². The van der Waals surface area contributed by atoms with Crippen LogP contribution in [0.3, 0.4) is 0 Å². The van der Waals surface area contributed by atoms with Crippen LogP contribution in [0.4, 0.5) is 5.69 Å². The fourth-order valence-corrected chi connectivity index (χ4v) is 1.80. The van der Waals surface area contributed by atoms with Crippen LogP contribution in [0.2, 0.25) is 0 Å². The SMILES string of the molecule is CCOc1cc(N)cc(C(=O)NCCS(C)=O)c1. The standard InChI is InChI=1S/C12H18N2O3S/c1-3-17-11-7-9(6-10(13)8-11)12(15)14-4-5-18(2)16/h6-8H,3-5,13H2,1-2H3,(H,14,15). The van der Waals surface area contributed by atoms with E-state index in [1.807, 2.05) is 6.92 Å². The molecule has 0 aliphatic carbocycles. The molecule has 100 valence electrons. The zero-order valence-electron chi connectivity index (χ0n) is 10.6. The first-order chi connectivity index (χ1) is 8.52. The lowest BCUT2D eigenvalue weighted by molar-refractivity contribution is 0.0955. The van der Waals surface area contributed by atoms with Gasteiger partial charge in [-0.3, -0.25) is 9.00 Å². The molecule has 0 heterocycles. The van der Waals surface area contributed by atoms with Crippen LogP contribution in [0.1, 0.15) is 17.3 Å². The third kappa shape index (κ3) is 4.75. The van der Waals surface area contributed by atoms with Gasteiger partial charge in [-0.15, -0.1) is 0 Å². The Morgan fingerprint density at radius 2 is 2.17 bits per heavy atom. The van der Waals surface area contributed by atoms with Gasteiger partial charge in [0.1, 0.15) is 5.75 Å². The molecule has 0 radical (unpaired) electrons. The van der Waals surface area contributed by atoms with Gasteiger partial charge in [0.2, 0.25) is 0 Å². The summed E-state index contributed by atoms with van der Waals surface area (Å²) in [5.74, 6) is 0.766. The zero-order valence-corrected chi connectivity index (χ0v) is 11.4. The van der Waals surface area contributed by atoms with Crippen molar-refractivity contribution >= 4 is 22.4 Å². The molecule has 0 saturated heterocycles. The molecule has 0 aliphatic heterocycles. The first kappa shape index (κ1) is 14.5. The van der Waals surface area contributed by atoms with E-state index in [2.05, 4.69) is 5.32 Å². The fraction of sp³-hybridized carbons (Fsp3) is 0.417. The quantitative estimate of drug-likeness (QED) is 0.748. The van der Waals surface area contributed by atoms with E-state index in [-0.39, 0.29) is 5.91 Å². The van der Waals surface area contributed by atoms with Crippen LogP contribution in [0.15, 0.2) is 18.2 Å². The molecule has 0 bridgehead atoms. The van der Waals surface area contributed by atoms with Crippen molar-refractivity contribution in [1.29, 1.82) is 0 Å². The minimum atomic E-state index is -0.914. The zero-order chi connectivity index (χ0) is 13.5. The van der Waals surface area contributed by atoms with Gasteiger partial charge in [-0.25, -0.2) is 0 Å². The summed E-state index contributed by atoms with van der Waals surface area (Å²) in [5, 5.41) is 2.68. The molecule has 0 aromatic heterocycles. The van der Waals surface area contributed by atoms with Crippen molar-refractivity contribution in [1.82, 2.24) is 5.32 Å². The Labute approximate surface area is 109 Å². The van der Waals surface area contributed by atoms with E-state index < -0.39 is 10.8 Å². The van der Waals surface area contributed by atoms with Crippen LogP contribution in [-0.4, -0.2) is 35.3 Å². The summed E-state index contributed by atoms with van der Waals surface area (Å²) in [4.78, 5) is 11.8. The average molecular weight is 270 g/mol. The molecule has 0 saturated carbocycles. The van der Waals surface area contributed by atoms with Crippen LogP contribution >= 0.6 is 0 Å². The number of carbonyl (C=O) groups excluding carboxylic acids is 1. The predicted molar refractivity (Wildman–Crippen MR) is 73.3 cm³/mol. The van der Waals surface area contributed by atoms with Gasteiger partial charge < -0.3 is 15.8 Å². The van der Waals surface area contributed by atoms with Gasteiger partial charge in [0, 0.05) is 46.7 Å². The molecule has 1 unspecified atom stereocenters. The molecule has 1 aromatic carbocycles. The number of nitrogen functional groups attached to an aromatic ring is 1. The highest BCUT2D eigenvalue weighted by atomic mass is 32.2. The second kappa shape index (κ2) is 7.00. The maximum atomic E-state index is 11.8. The van der Waals surface area contributed by atoms with Crippen molar-refractivity contribution in [3.05, 3.63) is 23.8 Å². The molecular weight excluding hydrogens is 252 g/mol. The number of anilines is 1. The number of hydrogen-bond acceptors (Lipinski definition) is 4. The Bertz CT molecular complexity index is 449. The van der Waals surface area contributed by atoms with Crippen LogP contribution in [-0.2, 0) is 10.8 Å². The molecule has 6 heteroatoms. The summed E-state index contributed by atoms with van der Waals surface area (Å²) in [6.45, 7) is 2.75. The molecule has 1 amide bonds. The minimum absolute atomic E-state index is 0.242. The summed E-state index contributed by atoms with van der Waals surface area (Å²) in [5.41, 5.74) is 6.62. The van der Waals surface area contributed by atoms with Crippen molar-refractivity contribution in [2.45, 2.75) is 6.92 Å². The van der Waals surface area contributed by atoms with Crippen molar-refractivity contribution in [3.8, 4) is 5.75 Å². The Hall–Kier alpha value is -1.56. The highest BCUT2D eigenvalue weighted by Crippen LogP contribution is 2.18. The third-order valence-electron chi connectivity index (χ3n) is 2.18. The van der Waals surface area contributed by atoms with Gasteiger partial charge in [0.05, 0.1) is 6.61 Å². The second-order valence-electron chi connectivity index (χ2n) is 3.76. The number of nitrogens with two attached hydrogens (primary N) is 1. The van der Waals surface area contributed by atoms with E-state index >= 15 is 0 Å². The Kier molecular flexibility index (Phi) is 5.64. The third-order valence-corrected chi connectivity index (χ3v) is 2.96. The molecule has 0 fully saturated rings. The lowest BCUT2D eigenvalue weighted by Crippen LogP contribution is -2.27. The summed E-state index contributed by atoms with van der Waals surface area (Å²) in [6.07, 6.45) is 1.60. The predicted octanol–water partition coefficient (Wildman–Crippen LogP) is 0.776. The van der Waals surface area contributed by atoms with Crippen LogP contribution in [0.5, 0.6) is 5.75 Å². The number of hydrogen-bond donors (Lipinski definition) is 2. The first-order valence-corrected chi connectivity index (χ1v) is 7.37. The summed E-state index contributed by atoms with van der Waals surface area (Å²) in [7, 11) is -0.914. The Balaban J connectivity index is 2.69. The highest BCUT2D eigenvalue weighted by molar-refractivity contribution is 7.84. The van der Waals surface area contributed by atoms with Gasteiger partial charge in [-0.05, 0) is 19.1 Å². The molecule has 1 atom stereocenters. The maximum absolute atomic E-state index is 11.8. The smallest absolute Gasteiger partial charge is 0.251 e. The fourth-order valence-electron chi connectivity index (χ4n) is 1.41. The van der Waals surface area contributed by atoms with Crippen molar-refractivity contribution in [2.75, 3.05) is 30.9 Å². The number of nitrogens with one attached hydrogen (secondary N) is 1. The molecule has 18 heavy (non-hydrogen) atoms. The Morgan fingerprint density at radius 3 is 2.78 bits per heavy atom. The first-order valence-electron chi connectivity index (χ1n) is 5.64. The lowest BCUT2D eigenvalue weighted by Gasteiger charge is -2.08. The monoisotopic (exact) mass is 270 g/mol. The van der Waals surface area contributed by atoms with Gasteiger partial charge in [-0.1, -0.05) is 0 Å². The molecule has 1 rings (SSSR count). The van der Waals surface area contributed by atoms with E-state index in [1.165, 1.54) is 0 Å².